The minimum absolute atomic E-state index is 0.400. The molecule has 0 saturated heterocycles. The Morgan fingerprint density at radius 2 is 1.94 bits per heavy atom. The minimum atomic E-state index is -4.67. The standard InChI is InChI=1S/C10H7F3O4S/c11-10(12,13)5-1-2-6(9(15)16)7(3-5)17-8(14)4-18/h1-3,18H,4H2,(H,15,16)/p-1. The number of thiol groups is 1. The van der Waals surface area contributed by atoms with E-state index in [1.165, 1.54) is 0 Å². The second-order valence-electron chi connectivity index (χ2n) is 3.13. The molecule has 0 N–H and O–H groups in total. The Kier molecular flexibility index (Phi) is 4.23. The largest absolute Gasteiger partial charge is 0.545 e. The monoisotopic (exact) mass is 279 g/mol. The molecule has 1 rings (SSSR count). The van der Waals surface area contributed by atoms with Crippen molar-refractivity contribution in [3.63, 3.8) is 0 Å². The van der Waals surface area contributed by atoms with E-state index in [2.05, 4.69) is 17.4 Å². The van der Waals surface area contributed by atoms with E-state index in [4.69, 9.17) is 0 Å². The summed E-state index contributed by atoms with van der Waals surface area (Å²) in [5.74, 6) is -3.84. The van der Waals surface area contributed by atoms with Crippen LogP contribution < -0.4 is 9.84 Å². The Hall–Kier alpha value is -1.70. The van der Waals surface area contributed by atoms with Crippen LogP contribution in [0.25, 0.3) is 0 Å². The van der Waals surface area contributed by atoms with E-state index in [1.54, 1.807) is 0 Å². The summed E-state index contributed by atoms with van der Waals surface area (Å²) >= 11 is 3.55. The van der Waals surface area contributed by atoms with Crippen LogP contribution in [0.15, 0.2) is 18.2 Å². The lowest BCUT2D eigenvalue weighted by Crippen LogP contribution is -2.24. The molecule has 1 aromatic carbocycles. The molecule has 0 amide bonds. The molecule has 0 unspecified atom stereocenters. The van der Waals surface area contributed by atoms with Crippen molar-refractivity contribution in [3.05, 3.63) is 29.3 Å². The predicted octanol–water partition coefficient (Wildman–Crippen LogP) is 0.904. The second kappa shape index (κ2) is 5.30. The Balaban J connectivity index is 3.24. The fourth-order valence-corrected chi connectivity index (χ4v) is 1.17. The van der Waals surface area contributed by atoms with Gasteiger partial charge in [-0.25, -0.2) is 0 Å². The van der Waals surface area contributed by atoms with Gasteiger partial charge in [0.15, 0.2) is 0 Å². The van der Waals surface area contributed by atoms with Crippen molar-refractivity contribution in [2.24, 2.45) is 0 Å². The Bertz CT molecular complexity index is 485. The van der Waals surface area contributed by atoms with Crippen molar-refractivity contribution in [1.29, 1.82) is 0 Å². The Morgan fingerprint density at radius 1 is 1.33 bits per heavy atom. The van der Waals surface area contributed by atoms with E-state index >= 15 is 0 Å². The highest BCUT2D eigenvalue weighted by Gasteiger charge is 2.31. The molecule has 98 valence electrons. The van der Waals surface area contributed by atoms with Crippen LogP contribution >= 0.6 is 12.6 Å². The molecule has 0 spiro atoms. The fourth-order valence-electron chi connectivity index (χ4n) is 1.11. The van der Waals surface area contributed by atoms with Crippen LogP contribution in [0.1, 0.15) is 15.9 Å². The number of carboxylic acid groups (broad SMARTS) is 1. The number of hydrogen-bond donors (Lipinski definition) is 1. The van der Waals surface area contributed by atoms with E-state index in [0.29, 0.717) is 18.2 Å². The van der Waals surface area contributed by atoms with Crippen LogP contribution in [0, 0.1) is 0 Å². The number of halogens is 3. The average molecular weight is 279 g/mol. The van der Waals surface area contributed by atoms with Gasteiger partial charge in [0.1, 0.15) is 5.75 Å². The zero-order chi connectivity index (χ0) is 13.9. The van der Waals surface area contributed by atoms with Gasteiger partial charge in [-0.15, -0.1) is 0 Å². The number of alkyl halides is 3. The van der Waals surface area contributed by atoms with Gasteiger partial charge in [-0.3, -0.25) is 4.79 Å². The van der Waals surface area contributed by atoms with E-state index in [1.807, 2.05) is 0 Å². The van der Waals surface area contributed by atoms with Gasteiger partial charge in [0.25, 0.3) is 0 Å². The molecule has 0 bridgehead atoms. The quantitative estimate of drug-likeness (QED) is 0.507. The first-order valence-electron chi connectivity index (χ1n) is 4.50. The normalized spacial score (nSPS) is 11.1. The van der Waals surface area contributed by atoms with E-state index < -0.39 is 40.7 Å². The molecule has 0 heterocycles. The highest BCUT2D eigenvalue weighted by Crippen LogP contribution is 2.33. The molecule has 18 heavy (non-hydrogen) atoms. The van der Waals surface area contributed by atoms with Crippen molar-refractivity contribution in [2.75, 3.05) is 5.75 Å². The third kappa shape index (κ3) is 3.39. The molecule has 8 heteroatoms. The maximum atomic E-state index is 12.4. The van der Waals surface area contributed by atoms with Crippen LogP contribution in [-0.2, 0) is 11.0 Å². The highest BCUT2D eigenvalue weighted by atomic mass is 32.1. The number of carbonyl (C=O) groups excluding carboxylic acids is 2. The average Bonchev–Trinajstić information content (AvgIpc) is 2.27. The van der Waals surface area contributed by atoms with Crippen molar-refractivity contribution >= 4 is 24.6 Å². The predicted molar refractivity (Wildman–Crippen MR) is 55.3 cm³/mol. The van der Waals surface area contributed by atoms with Crippen LogP contribution in [0.2, 0.25) is 0 Å². The van der Waals surface area contributed by atoms with Gasteiger partial charge in [-0.2, -0.15) is 25.8 Å². The van der Waals surface area contributed by atoms with Gasteiger partial charge >= 0.3 is 12.1 Å². The lowest BCUT2D eigenvalue weighted by Gasteiger charge is -2.13. The summed E-state index contributed by atoms with van der Waals surface area (Å²) in [5.41, 5.74) is -1.77. The zero-order valence-electron chi connectivity index (χ0n) is 8.65. The topological polar surface area (TPSA) is 66.4 Å². The van der Waals surface area contributed by atoms with Gasteiger partial charge in [0.05, 0.1) is 17.3 Å². The van der Waals surface area contributed by atoms with Crippen molar-refractivity contribution in [2.45, 2.75) is 6.18 Å². The third-order valence-corrected chi connectivity index (χ3v) is 2.14. The first-order chi connectivity index (χ1) is 8.25. The zero-order valence-corrected chi connectivity index (χ0v) is 9.55. The maximum Gasteiger partial charge on any atom is 0.416 e. The van der Waals surface area contributed by atoms with E-state index in [0.717, 1.165) is 0 Å². The van der Waals surface area contributed by atoms with Crippen LogP contribution in [0.3, 0.4) is 0 Å². The van der Waals surface area contributed by atoms with Gasteiger partial charge in [-0.05, 0) is 18.2 Å². The number of aromatic carboxylic acids is 1. The fraction of sp³-hybridized carbons (Fsp3) is 0.200. The number of carboxylic acids is 1. The van der Waals surface area contributed by atoms with Gasteiger partial charge in [-0.1, -0.05) is 0 Å². The summed E-state index contributed by atoms with van der Waals surface area (Å²) in [6, 6.07) is 1.65. The van der Waals surface area contributed by atoms with Crippen LogP contribution in [0.4, 0.5) is 13.2 Å². The lowest BCUT2D eigenvalue weighted by atomic mass is 10.1. The van der Waals surface area contributed by atoms with E-state index in [-0.39, 0.29) is 0 Å². The lowest BCUT2D eigenvalue weighted by molar-refractivity contribution is -0.255. The summed E-state index contributed by atoms with van der Waals surface area (Å²) < 4.78 is 41.7. The van der Waals surface area contributed by atoms with Crippen molar-refractivity contribution in [3.8, 4) is 5.75 Å². The molecule has 0 atom stereocenters. The Morgan fingerprint density at radius 3 is 2.39 bits per heavy atom. The van der Waals surface area contributed by atoms with Gasteiger partial charge in [0.2, 0.25) is 0 Å². The molecule has 0 aliphatic rings. The van der Waals surface area contributed by atoms with Gasteiger partial charge < -0.3 is 14.6 Å². The molecule has 0 aliphatic carbocycles. The number of hydrogen-bond acceptors (Lipinski definition) is 5. The Labute approximate surface area is 105 Å². The van der Waals surface area contributed by atoms with E-state index in [9.17, 15) is 27.9 Å². The molecule has 0 radical (unpaired) electrons. The van der Waals surface area contributed by atoms with Crippen LogP contribution in [-0.4, -0.2) is 17.7 Å². The molecule has 0 aromatic heterocycles. The molecule has 4 nitrogen and oxygen atoms in total. The summed E-state index contributed by atoms with van der Waals surface area (Å²) in [5, 5.41) is 10.6. The van der Waals surface area contributed by atoms with Crippen molar-refractivity contribution < 1.29 is 32.6 Å². The third-order valence-electron chi connectivity index (χ3n) is 1.88. The molecule has 0 aliphatic heterocycles. The summed E-state index contributed by atoms with van der Waals surface area (Å²) in [7, 11) is 0. The number of carbonyl (C=O) groups is 2. The molecule has 1 aromatic rings. The molecular formula is C10H6F3O4S-. The summed E-state index contributed by atoms with van der Waals surface area (Å²) in [4.78, 5) is 21.6. The number of rotatable bonds is 3. The van der Waals surface area contributed by atoms with Gasteiger partial charge in [0, 0.05) is 5.56 Å². The van der Waals surface area contributed by atoms with Crippen LogP contribution in [0.5, 0.6) is 5.75 Å². The minimum Gasteiger partial charge on any atom is -0.545 e. The highest BCUT2D eigenvalue weighted by molar-refractivity contribution is 7.81. The first-order valence-corrected chi connectivity index (χ1v) is 5.13. The second-order valence-corrected chi connectivity index (χ2v) is 3.44. The SMILES string of the molecule is O=C(CS)Oc1cc(C(F)(F)F)ccc1C(=O)[O-]. The molecular weight excluding hydrogens is 273 g/mol. The number of esters is 1. The maximum absolute atomic E-state index is 12.4. The molecule has 0 fully saturated rings. The summed E-state index contributed by atoms with van der Waals surface area (Å²) in [6.45, 7) is 0. The summed E-state index contributed by atoms with van der Waals surface area (Å²) in [6.07, 6.45) is -4.67. The van der Waals surface area contributed by atoms with Crippen molar-refractivity contribution in [1.82, 2.24) is 0 Å². The number of ether oxygens (including phenoxy) is 1. The molecule has 0 saturated carbocycles. The smallest absolute Gasteiger partial charge is 0.416 e. The first kappa shape index (κ1) is 14.4. The number of benzene rings is 1.